The van der Waals surface area contributed by atoms with E-state index in [9.17, 15) is 55.9 Å². The predicted molar refractivity (Wildman–Crippen MR) is 416 cm³/mol. The molecule has 8 aliphatic heterocycles. The van der Waals surface area contributed by atoms with Crippen molar-refractivity contribution in [3.05, 3.63) is 156 Å². The van der Waals surface area contributed by atoms with Gasteiger partial charge in [0.2, 0.25) is 5.95 Å². The standard InChI is InChI=1S/C21H22FN5O2.C20H20F3N5O2.C20H22N6O2.C19H20N6O2/c1-12-15(22)4-7-19(23-12)25-21(29)27-14-8-9-26(11-14)17-6-5-16(24-20(17)27)18(28)10-13-2-3-13;1-12(20(21,22)23)10-16(29)14-5-6-15-18(25-14)28(13-7-9-27(15)11-13)19(30)26-17-4-2-3-8-24-17;27-17(10-13-2-1-3-13)15-4-5-16-19(23-15)26(14-6-9-25(16)12-14)20(28)24-18-11-21-7-8-22-18;26-16(10-12-2-3-12)14-4-5-15-17(22-14)25(13-6-9-24(15)11-13)19(27)23-18-20-7-1-8-21-18/h4-7,13-14H,2-3,8-11H2,1H3,(H,23,25,29);2-6,8,12-13H,7,9-11H2,1H3,(H,24,26,30);4-5,7-8,11,13-14H,1-3,6,9-10,12H2,(H,22,24,28);1,4-5,7-8,12-13H,2-3,6,9-11H2,(H,20,21,23,27)/t14-;12-,13+;14-;13-/m0100/s1. The number of nitrogens with one attached hydrogen (secondary N) is 4. The molecule has 4 saturated heterocycles. The maximum Gasteiger partial charge on any atom is 0.391 e. The number of carbonyl (C=O) groups excluding carboxylic acids is 8. The lowest BCUT2D eigenvalue weighted by atomic mass is 9.81. The first-order valence-corrected chi connectivity index (χ1v) is 38.8. The lowest BCUT2D eigenvalue weighted by Crippen LogP contribution is -2.48. The molecule has 3 aliphatic carbocycles. The number of pyridine rings is 6. The quantitative estimate of drug-likeness (QED) is 0.0516. The number of aryl methyl sites for hydroxylation is 1. The number of hydrogen-bond acceptors (Lipinski definition) is 22. The van der Waals surface area contributed by atoms with Crippen LogP contribution in [0.1, 0.15) is 151 Å². The van der Waals surface area contributed by atoms with Gasteiger partial charge in [-0.25, -0.2) is 68.4 Å². The first-order valence-electron chi connectivity index (χ1n) is 38.8. The Morgan fingerprint density at radius 1 is 0.421 bits per heavy atom. The minimum Gasteiger partial charge on any atom is -0.366 e. The van der Waals surface area contributed by atoms with E-state index in [1.54, 1.807) is 94.9 Å². The van der Waals surface area contributed by atoms with Crippen molar-refractivity contribution in [2.75, 3.05) is 113 Å². The molecule has 30 nitrogen and oxygen atoms in total. The van der Waals surface area contributed by atoms with Crippen LogP contribution in [0.2, 0.25) is 0 Å². The van der Waals surface area contributed by atoms with Gasteiger partial charge in [0.1, 0.15) is 40.2 Å². The largest absolute Gasteiger partial charge is 0.391 e. The molecule has 0 radical (unpaired) electrons. The summed E-state index contributed by atoms with van der Waals surface area (Å²) in [6, 6.07) is 22.2. The second-order valence-corrected chi connectivity index (χ2v) is 30.7. The number of ketones is 4. The number of anilines is 12. The summed E-state index contributed by atoms with van der Waals surface area (Å²) in [6.07, 6.45) is 17.0. The third kappa shape index (κ3) is 16.5. The Morgan fingerprint density at radius 2 is 0.816 bits per heavy atom. The van der Waals surface area contributed by atoms with Crippen LogP contribution in [0.5, 0.6) is 0 Å². The van der Waals surface area contributed by atoms with Crippen LogP contribution in [0.3, 0.4) is 0 Å². The SMILES string of the molecule is C[C@H](CC(=O)c1ccc2c(n1)N(C(=O)Nc1ccccn1)[C@H]1CCN2C1)C(F)(F)F.Cc1nc(NC(=O)N2c3nc(C(=O)CC4CC4)ccc3N3CC[C@H]2C3)ccc1F.O=C(CC1CC1)c1ccc2c(n1)N(C(=O)Nc1ncccn1)[C@H]1CCN2C1.O=C(CC1CCC1)c1ccc2c(n1)N(C(=O)Nc1cnccn1)[C@H]1CCN2C1. The van der Waals surface area contributed by atoms with Crippen molar-refractivity contribution in [2.24, 2.45) is 23.7 Å². The summed E-state index contributed by atoms with van der Waals surface area (Å²) in [5.41, 5.74) is 4.79. The Bertz CT molecular complexity index is 5030. The summed E-state index contributed by atoms with van der Waals surface area (Å²) in [6.45, 7) is 8.74. The van der Waals surface area contributed by atoms with Crippen molar-refractivity contribution in [1.82, 2.24) is 49.8 Å². The fourth-order valence-corrected chi connectivity index (χ4v) is 15.9. The van der Waals surface area contributed by atoms with Crippen LogP contribution in [-0.4, -0.2) is 180 Å². The van der Waals surface area contributed by atoms with Crippen LogP contribution in [0.4, 0.5) is 106 Å². The summed E-state index contributed by atoms with van der Waals surface area (Å²) in [4.78, 5) is 160. The van der Waals surface area contributed by atoms with Crippen molar-refractivity contribution in [3.8, 4) is 0 Å². The summed E-state index contributed by atoms with van der Waals surface area (Å²) < 4.78 is 52.0. The summed E-state index contributed by atoms with van der Waals surface area (Å²) in [7, 11) is 0. The van der Waals surface area contributed by atoms with E-state index in [2.05, 4.69) is 90.7 Å². The second-order valence-electron chi connectivity index (χ2n) is 30.7. The molecule has 8 amide bonds. The van der Waals surface area contributed by atoms with Crippen molar-refractivity contribution in [3.63, 3.8) is 0 Å². The van der Waals surface area contributed by atoms with Gasteiger partial charge in [0.25, 0.3) is 0 Å². The van der Waals surface area contributed by atoms with Gasteiger partial charge in [0, 0.05) is 109 Å². The molecule has 34 heteroatoms. The first-order chi connectivity index (χ1) is 55.1. The van der Waals surface area contributed by atoms with Crippen LogP contribution < -0.4 is 60.5 Å². The van der Waals surface area contributed by atoms with Gasteiger partial charge in [0.05, 0.1) is 64.7 Å². The number of aromatic nitrogens is 10. The highest BCUT2D eigenvalue weighted by molar-refractivity contribution is 6.09. The number of halogens is 4. The zero-order valence-corrected chi connectivity index (χ0v) is 62.8. The monoisotopic (exact) mass is 1560 g/mol. The average Bonchev–Trinajstić information content (AvgIpc) is 1.57. The molecule has 590 valence electrons. The molecule has 0 spiro atoms. The van der Waals surface area contributed by atoms with Crippen molar-refractivity contribution >= 4 is 117 Å². The van der Waals surface area contributed by atoms with E-state index < -0.39 is 36.1 Å². The molecule has 3 saturated carbocycles. The molecule has 114 heavy (non-hydrogen) atoms. The number of rotatable bonds is 16. The Hall–Kier alpha value is -12.3. The Labute approximate surface area is 653 Å². The predicted octanol–water partition coefficient (Wildman–Crippen LogP) is 12.8. The maximum absolute atomic E-state index is 13.5. The summed E-state index contributed by atoms with van der Waals surface area (Å²) in [5.74, 6) is 1.94. The normalized spacial score (nSPS) is 19.8. The van der Waals surface area contributed by atoms with E-state index >= 15 is 0 Å². The molecule has 7 fully saturated rings. The molecule has 16 heterocycles. The number of urea groups is 4. The van der Waals surface area contributed by atoms with Crippen molar-refractivity contribution < 1.29 is 55.9 Å². The van der Waals surface area contributed by atoms with Gasteiger partial charge in [-0.15, -0.1) is 0 Å². The van der Waals surface area contributed by atoms with Crippen LogP contribution in [0.25, 0.3) is 0 Å². The fourth-order valence-electron chi connectivity index (χ4n) is 15.9. The van der Waals surface area contributed by atoms with E-state index in [0.29, 0.717) is 95.4 Å². The van der Waals surface area contributed by atoms with Gasteiger partial charge in [0.15, 0.2) is 52.2 Å². The number of nitrogens with zero attached hydrogens (tertiary/aromatic N) is 18. The highest BCUT2D eigenvalue weighted by Gasteiger charge is 2.46. The zero-order chi connectivity index (χ0) is 79.1. The van der Waals surface area contributed by atoms with Crippen molar-refractivity contribution in [2.45, 2.75) is 141 Å². The van der Waals surface area contributed by atoms with E-state index in [4.69, 9.17) is 0 Å². The second kappa shape index (κ2) is 32.1. The molecule has 0 aromatic carbocycles. The molecular weight excluding hydrogens is 1470 g/mol. The molecule has 8 bridgehead atoms. The van der Waals surface area contributed by atoms with Crippen LogP contribution in [0, 0.1) is 36.4 Å². The molecule has 19 rings (SSSR count). The van der Waals surface area contributed by atoms with E-state index in [0.717, 1.165) is 134 Å². The minimum atomic E-state index is -4.46. The summed E-state index contributed by atoms with van der Waals surface area (Å²) in [5, 5.41) is 11.0. The minimum absolute atomic E-state index is 0.0228. The van der Waals surface area contributed by atoms with E-state index in [-0.39, 0.29) is 88.6 Å². The topological polar surface area (TPSA) is 339 Å². The number of Topliss-reactive ketones (excluding diaryl/α,β-unsaturated/α-hetero) is 4. The molecule has 8 aromatic rings. The number of carbonyl (C=O) groups is 8. The highest BCUT2D eigenvalue weighted by Crippen LogP contribution is 2.45. The molecule has 5 atom stereocenters. The number of fused-ring (bicyclic) bond motifs is 16. The molecule has 4 N–H and O–H groups in total. The van der Waals surface area contributed by atoms with Gasteiger partial charge in [-0.1, -0.05) is 32.3 Å². The average molecular weight is 1560 g/mol. The fraction of sp³-hybridized carbons (Fsp3) is 0.425. The highest BCUT2D eigenvalue weighted by atomic mass is 19.4. The van der Waals surface area contributed by atoms with Gasteiger partial charge >= 0.3 is 30.3 Å². The first kappa shape index (κ1) is 75.8. The third-order valence-electron chi connectivity index (χ3n) is 22.7. The summed E-state index contributed by atoms with van der Waals surface area (Å²) >= 11 is 0. The molecule has 0 unspecified atom stereocenters. The number of hydrogen-bond donors (Lipinski definition) is 4. The molecule has 11 aliphatic rings. The zero-order valence-electron chi connectivity index (χ0n) is 62.8. The number of alkyl halides is 3. The Balaban J connectivity index is 0.000000115. The van der Waals surface area contributed by atoms with Gasteiger partial charge in [-0.2, -0.15) is 13.2 Å². The molecule has 8 aromatic heterocycles. The lowest BCUT2D eigenvalue weighted by Gasteiger charge is -2.35. The maximum atomic E-state index is 13.5. The van der Waals surface area contributed by atoms with Gasteiger partial charge in [-0.05, 0) is 155 Å². The van der Waals surface area contributed by atoms with E-state index in [1.807, 2.05) is 18.2 Å². The lowest BCUT2D eigenvalue weighted by molar-refractivity contribution is -0.168. The molecular formula is C80H84F4N22O8. The Kier molecular flexibility index (Phi) is 21.3. The van der Waals surface area contributed by atoms with E-state index in [1.165, 1.54) is 41.9 Å². The Morgan fingerprint density at radius 3 is 1.19 bits per heavy atom. The van der Waals surface area contributed by atoms with Crippen LogP contribution in [-0.2, 0) is 0 Å². The third-order valence-corrected chi connectivity index (χ3v) is 22.7. The smallest absolute Gasteiger partial charge is 0.366 e. The van der Waals surface area contributed by atoms with Crippen molar-refractivity contribution in [1.29, 1.82) is 0 Å². The van der Waals surface area contributed by atoms with Crippen LogP contribution >= 0.6 is 0 Å². The van der Waals surface area contributed by atoms with Crippen LogP contribution in [0.15, 0.2) is 122 Å². The van der Waals surface area contributed by atoms with Gasteiger partial charge < -0.3 is 19.6 Å². The van der Waals surface area contributed by atoms with Gasteiger partial charge in [-0.3, -0.25) is 65.0 Å². The number of amides is 8.